The molecule has 0 atom stereocenters. The first-order valence-electron chi connectivity index (χ1n) is 8.99. The van der Waals surface area contributed by atoms with Crippen molar-refractivity contribution in [3.8, 4) is 5.75 Å². The number of nitrogens with one attached hydrogen (secondary N) is 1. The summed E-state index contributed by atoms with van der Waals surface area (Å²) in [7, 11) is 1.61. The number of anilines is 1. The number of hydrogen-bond acceptors (Lipinski definition) is 5. The lowest BCUT2D eigenvalue weighted by Gasteiger charge is -2.35. The molecule has 1 aromatic heterocycles. The normalized spacial score (nSPS) is 14.0. The van der Waals surface area contributed by atoms with E-state index in [2.05, 4.69) is 15.2 Å². The molecule has 0 saturated carbocycles. The summed E-state index contributed by atoms with van der Waals surface area (Å²) >= 11 is 0. The van der Waals surface area contributed by atoms with E-state index in [1.807, 2.05) is 42.5 Å². The summed E-state index contributed by atoms with van der Waals surface area (Å²) in [5, 5.41) is 2.79. The van der Waals surface area contributed by atoms with Gasteiger partial charge < -0.3 is 19.9 Å². The Balaban J connectivity index is 1.41. The highest BCUT2D eigenvalue weighted by molar-refractivity contribution is 5.96. The molecule has 3 rings (SSSR count). The number of aromatic nitrogens is 1. The van der Waals surface area contributed by atoms with Gasteiger partial charge in [0.25, 0.3) is 0 Å². The van der Waals surface area contributed by atoms with Crippen molar-refractivity contribution >= 4 is 17.6 Å². The Bertz CT molecular complexity index is 757. The van der Waals surface area contributed by atoms with Crippen molar-refractivity contribution in [2.75, 3.05) is 38.2 Å². The minimum absolute atomic E-state index is 0.125. The van der Waals surface area contributed by atoms with Gasteiger partial charge in [0.1, 0.15) is 18.0 Å². The monoisotopic (exact) mass is 368 g/mol. The maximum absolute atomic E-state index is 12.4. The Morgan fingerprint density at radius 2 is 1.81 bits per heavy atom. The zero-order valence-corrected chi connectivity index (χ0v) is 15.4. The molecule has 1 saturated heterocycles. The first-order chi connectivity index (χ1) is 13.2. The Kier molecular flexibility index (Phi) is 6.25. The molecule has 7 heteroatoms. The molecule has 1 aliphatic heterocycles. The molecule has 1 fully saturated rings. The molecule has 7 nitrogen and oxygen atoms in total. The van der Waals surface area contributed by atoms with Crippen molar-refractivity contribution in [2.24, 2.45) is 0 Å². The largest absolute Gasteiger partial charge is 0.497 e. The molecule has 27 heavy (non-hydrogen) atoms. The number of carbonyl (C=O) groups excluding carboxylic acids is 2. The maximum Gasteiger partial charge on any atom is 0.232 e. The van der Waals surface area contributed by atoms with E-state index in [4.69, 9.17) is 4.74 Å². The fourth-order valence-corrected chi connectivity index (χ4v) is 2.98. The van der Waals surface area contributed by atoms with Crippen LogP contribution in [0.1, 0.15) is 12.0 Å². The first kappa shape index (κ1) is 18.7. The van der Waals surface area contributed by atoms with Crippen molar-refractivity contribution in [3.05, 3.63) is 54.2 Å². The van der Waals surface area contributed by atoms with E-state index < -0.39 is 0 Å². The zero-order valence-electron chi connectivity index (χ0n) is 15.4. The van der Waals surface area contributed by atoms with Gasteiger partial charge in [-0.25, -0.2) is 4.98 Å². The van der Waals surface area contributed by atoms with Gasteiger partial charge in [0, 0.05) is 38.9 Å². The molecule has 142 valence electrons. The predicted molar refractivity (Wildman–Crippen MR) is 102 cm³/mol. The summed E-state index contributed by atoms with van der Waals surface area (Å²) in [5.74, 6) is 1.29. The molecule has 0 radical (unpaired) electrons. The lowest BCUT2D eigenvalue weighted by atomic mass is 10.2. The van der Waals surface area contributed by atoms with Gasteiger partial charge in [0.05, 0.1) is 7.11 Å². The minimum Gasteiger partial charge on any atom is -0.497 e. The van der Waals surface area contributed by atoms with Crippen LogP contribution in [0.5, 0.6) is 5.75 Å². The molecule has 1 aromatic carbocycles. The lowest BCUT2D eigenvalue weighted by molar-refractivity contribution is -0.136. The fourth-order valence-electron chi connectivity index (χ4n) is 2.98. The number of ether oxygens (including phenoxy) is 1. The zero-order chi connectivity index (χ0) is 19.1. The average Bonchev–Trinajstić information content (AvgIpc) is 2.73. The Labute approximate surface area is 158 Å². The second-order valence-electron chi connectivity index (χ2n) is 6.36. The van der Waals surface area contributed by atoms with Crippen molar-refractivity contribution < 1.29 is 14.3 Å². The smallest absolute Gasteiger partial charge is 0.232 e. The minimum atomic E-state index is -0.261. The van der Waals surface area contributed by atoms with Gasteiger partial charge in [-0.3, -0.25) is 9.59 Å². The quantitative estimate of drug-likeness (QED) is 0.781. The maximum atomic E-state index is 12.4. The lowest BCUT2D eigenvalue weighted by Crippen LogP contribution is -2.49. The third-order valence-electron chi connectivity index (χ3n) is 4.57. The molecule has 0 bridgehead atoms. The third-order valence-corrected chi connectivity index (χ3v) is 4.57. The van der Waals surface area contributed by atoms with Crippen LogP contribution in [0, 0.1) is 0 Å². The topological polar surface area (TPSA) is 74.8 Å². The van der Waals surface area contributed by atoms with Gasteiger partial charge in [-0.1, -0.05) is 18.2 Å². The van der Waals surface area contributed by atoms with E-state index in [1.54, 1.807) is 18.2 Å². The Hall–Kier alpha value is -3.09. The summed E-state index contributed by atoms with van der Waals surface area (Å²) in [6.07, 6.45) is 1.64. The number of carbonyl (C=O) groups is 2. The van der Waals surface area contributed by atoms with Crippen molar-refractivity contribution in [1.82, 2.24) is 15.2 Å². The third kappa shape index (κ3) is 5.20. The number of benzene rings is 1. The summed E-state index contributed by atoms with van der Waals surface area (Å²) in [6, 6.07) is 13.3. The molecule has 0 unspecified atom stereocenters. The van der Waals surface area contributed by atoms with Crippen molar-refractivity contribution in [2.45, 2.75) is 13.0 Å². The number of piperazine rings is 1. The van der Waals surface area contributed by atoms with Crippen molar-refractivity contribution in [1.29, 1.82) is 0 Å². The molecule has 0 aliphatic carbocycles. The first-order valence-corrected chi connectivity index (χ1v) is 8.99. The van der Waals surface area contributed by atoms with Gasteiger partial charge in [-0.2, -0.15) is 0 Å². The van der Waals surface area contributed by atoms with Gasteiger partial charge in [-0.15, -0.1) is 0 Å². The number of methoxy groups -OCH3 is 1. The van der Waals surface area contributed by atoms with Crippen LogP contribution in [0.4, 0.5) is 5.82 Å². The molecule has 1 N–H and O–H groups in total. The van der Waals surface area contributed by atoms with Crippen LogP contribution >= 0.6 is 0 Å². The second kappa shape index (κ2) is 9.02. The van der Waals surface area contributed by atoms with Crippen molar-refractivity contribution in [3.63, 3.8) is 0 Å². The summed E-state index contributed by atoms with van der Waals surface area (Å²) in [6.45, 7) is 3.03. The van der Waals surface area contributed by atoms with Gasteiger partial charge in [-0.05, 0) is 29.8 Å². The van der Waals surface area contributed by atoms with Gasteiger partial charge >= 0.3 is 0 Å². The summed E-state index contributed by atoms with van der Waals surface area (Å²) in [4.78, 5) is 32.7. The van der Waals surface area contributed by atoms with Crippen LogP contribution in [0.15, 0.2) is 48.7 Å². The standard InChI is InChI=1S/C20H24N4O3/c1-27-17-7-5-16(6-8-17)15-22-19(25)14-20(26)24-12-10-23(11-13-24)18-4-2-3-9-21-18/h2-9H,10-15H2,1H3,(H,22,25). The number of hydrogen-bond donors (Lipinski definition) is 1. The number of nitrogens with zero attached hydrogens (tertiary/aromatic N) is 3. The van der Waals surface area contributed by atoms with E-state index in [0.29, 0.717) is 19.6 Å². The molecule has 2 amide bonds. The van der Waals surface area contributed by atoms with Crippen LogP contribution in [-0.4, -0.2) is 55.0 Å². The highest BCUT2D eigenvalue weighted by Crippen LogP contribution is 2.13. The number of rotatable bonds is 6. The van der Waals surface area contributed by atoms with Crippen LogP contribution < -0.4 is 15.0 Å². The van der Waals surface area contributed by atoms with Gasteiger partial charge in [0.15, 0.2) is 0 Å². The fraction of sp³-hybridized carbons (Fsp3) is 0.350. The van der Waals surface area contributed by atoms with E-state index >= 15 is 0 Å². The highest BCUT2D eigenvalue weighted by Gasteiger charge is 2.23. The van der Waals surface area contributed by atoms with E-state index in [0.717, 1.165) is 30.2 Å². The molecular weight excluding hydrogens is 344 g/mol. The highest BCUT2D eigenvalue weighted by atomic mass is 16.5. The van der Waals surface area contributed by atoms with E-state index in [-0.39, 0.29) is 18.2 Å². The van der Waals surface area contributed by atoms with Crippen LogP contribution in [0.25, 0.3) is 0 Å². The number of amides is 2. The van der Waals surface area contributed by atoms with Crippen LogP contribution in [0.3, 0.4) is 0 Å². The predicted octanol–water partition coefficient (Wildman–Crippen LogP) is 1.45. The average molecular weight is 368 g/mol. The van der Waals surface area contributed by atoms with E-state index in [9.17, 15) is 9.59 Å². The summed E-state index contributed by atoms with van der Waals surface area (Å²) in [5.41, 5.74) is 0.959. The Morgan fingerprint density at radius 3 is 2.44 bits per heavy atom. The van der Waals surface area contributed by atoms with E-state index in [1.165, 1.54) is 0 Å². The molecule has 2 heterocycles. The van der Waals surface area contributed by atoms with Crippen LogP contribution in [-0.2, 0) is 16.1 Å². The summed E-state index contributed by atoms with van der Waals surface area (Å²) < 4.78 is 5.11. The van der Waals surface area contributed by atoms with Crippen LogP contribution in [0.2, 0.25) is 0 Å². The molecule has 1 aliphatic rings. The molecule has 2 aromatic rings. The number of pyridine rings is 1. The molecular formula is C20H24N4O3. The second-order valence-corrected chi connectivity index (χ2v) is 6.36. The Morgan fingerprint density at radius 1 is 1.07 bits per heavy atom. The van der Waals surface area contributed by atoms with Gasteiger partial charge in [0.2, 0.25) is 11.8 Å². The molecule has 0 spiro atoms. The SMILES string of the molecule is COc1ccc(CNC(=O)CC(=O)N2CCN(c3ccccn3)CC2)cc1.